The lowest BCUT2D eigenvalue weighted by Crippen LogP contribution is -2.15. The third-order valence-electron chi connectivity index (χ3n) is 3.83. The first-order valence-electron chi connectivity index (χ1n) is 7.18. The number of benzene rings is 2. The van der Waals surface area contributed by atoms with Gasteiger partial charge < -0.3 is 15.9 Å². The number of carbonyl (C=O) groups excluding carboxylic acids is 1. The summed E-state index contributed by atoms with van der Waals surface area (Å²) in [6.07, 6.45) is -3.22. The smallest absolute Gasteiger partial charge is 0.336 e. The molecule has 2 rings (SSSR count). The Labute approximate surface area is 158 Å². The molecule has 0 aromatic heterocycles. The van der Waals surface area contributed by atoms with E-state index in [0.29, 0.717) is 0 Å². The van der Waals surface area contributed by atoms with Crippen LogP contribution in [0.1, 0.15) is 48.6 Å². The van der Waals surface area contributed by atoms with Gasteiger partial charge >= 0.3 is 11.9 Å². The molecule has 0 bridgehead atoms. The average molecular weight is 446 g/mol. The zero-order chi connectivity index (χ0) is 20.6. The highest BCUT2D eigenvalue weighted by atomic mass is 79.9. The highest BCUT2D eigenvalue weighted by molar-refractivity contribution is 9.10. The standard InChI is InChI=1S/C17H11BrF3NO5/c1-5-2-8(16(24)25)12(13(17(26)27)11(5)14(20)21)6-3-7(15(22)23)10(19)4-9(6)18/h2-4,14H,1H3,(H2,22,23)(H,24,25)(H,26,27). The van der Waals surface area contributed by atoms with Gasteiger partial charge in [-0.05, 0) is 36.2 Å². The van der Waals surface area contributed by atoms with Gasteiger partial charge in [0.1, 0.15) is 5.82 Å². The minimum atomic E-state index is -3.22. The molecule has 0 unspecified atom stereocenters. The number of hydrogen-bond acceptors (Lipinski definition) is 3. The van der Waals surface area contributed by atoms with E-state index >= 15 is 0 Å². The van der Waals surface area contributed by atoms with Crippen LogP contribution >= 0.6 is 15.9 Å². The number of primary amides is 1. The van der Waals surface area contributed by atoms with Crippen LogP contribution in [-0.2, 0) is 0 Å². The molecule has 0 heterocycles. The maximum absolute atomic E-state index is 13.9. The Hall–Kier alpha value is -2.88. The molecule has 0 aliphatic rings. The van der Waals surface area contributed by atoms with Gasteiger partial charge in [0.2, 0.25) is 0 Å². The van der Waals surface area contributed by atoms with Crippen molar-refractivity contribution in [2.45, 2.75) is 13.3 Å². The highest BCUT2D eigenvalue weighted by Crippen LogP contribution is 2.40. The number of carboxylic acids is 2. The third kappa shape index (κ3) is 3.65. The first-order valence-corrected chi connectivity index (χ1v) is 7.98. The monoisotopic (exact) mass is 445 g/mol. The molecular weight excluding hydrogens is 435 g/mol. The van der Waals surface area contributed by atoms with Gasteiger partial charge in [-0.3, -0.25) is 4.79 Å². The van der Waals surface area contributed by atoms with Gasteiger partial charge in [-0.2, -0.15) is 0 Å². The van der Waals surface area contributed by atoms with E-state index in [1.807, 2.05) is 0 Å². The van der Waals surface area contributed by atoms with Crippen LogP contribution in [0.4, 0.5) is 13.2 Å². The number of carboxylic acid groups (broad SMARTS) is 2. The van der Waals surface area contributed by atoms with Crippen LogP contribution in [0.25, 0.3) is 11.1 Å². The van der Waals surface area contributed by atoms with Crippen LogP contribution in [0.5, 0.6) is 0 Å². The number of carbonyl (C=O) groups is 3. The second kappa shape index (κ2) is 7.39. The fourth-order valence-electron chi connectivity index (χ4n) is 2.71. The Morgan fingerprint density at radius 1 is 1.07 bits per heavy atom. The van der Waals surface area contributed by atoms with Crippen molar-refractivity contribution >= 4 is 33.8 Å². The highest BCUT2D eigenvalue weighted by Gasteiger charge is 2.31. The van der Waals surface area contributed by atoms with Gasteiger partial charge in [-0.15, -0.1) is 0 Å². The summed E-state index contributed by atoms with van der Waals surface area (Å²) >= 11 is 2.95. The number of aryl methyl sites for hydroxylation is 1. The zero-order valence-corrected chi connectivity index (χ0v) is 15.1. The van der Waals surface area contributed by atoms with Gasteiger partial charge in [0.25, 0.3) is 12.3 Å². The fraction of sp³-hybridized carbons (Fsp3) is 0.118. The predicted octanol–water partition coefficient (Wildman–Crippen LogP) is 4.00. The number of aromatic carboxylic acids is 2. The number of nitrogens with two attached hydrogens (primary N) is 1. The SMILES string of the molecule is Cc1cc(C(=O)O)c(-c2cc(C(N)=O)c(F)cc2Br)c(C(=O)O)c1C(F)F. The van der Waals surface area contributed by atoms with Crippen LogP contribution in [0, 0.1) is 12.7 Å². The van der Waals surface area contributed by atoms with Gasteiger partial charge in [0.15, 0.2) is 0 Å². The Kier molecular flexibility index (Phi) is 5.59. The molecule has 6 nitrogen and oxygen atoms in total. The summed E-state index contributed by atoms with van der Waals surface area (Å²) in [7, 11) is 0. The molecule has 27 heavy (non-hydrogen) atoms. The molecule has 10 heteroatoms. The van der Waals surface area contributed by atoms with Gasteiger partial charge in [0.05, 0.1) is 16.7 Å². The minimum Gasteiger partial charge on any atom is -0.478 e. The van der Waals surface area contributed by atoms with E-state index in [9.17, 15) is 37.8 Å². The second-order valence-corrected chi connectivity index (χ2v) is 6.35. The van der Waals surface area contributed by atoms with E-state index in [1.54, 1.807) is 0 Å². The molecule has 4 N–H and O–H groups in total. The van der Waals surface area contributed by atoms with Crippen molar-refractivity contribution in [2.24, 2.45) is 5.73 Å². The summed E-state index contributed by atoms with van der Waals surface area (Å²) in [6.45, 7) is 1.15. The third-order valence-corrected chi connectivity index (χ3v) is 4.48. The number of alkyl halides is 2. The number of halogens is 4. The van der Waals surface area contributed by atoms with Crippen LogP contribution in [0.3, 0.4) is 0 Å². The summed E-state index contributed by atoms with van der Waals surface area (Å²) in [5.74, 6) is -5.64. The van der Waals surface area contributed by atoms with Crippen molar-refractivity contribution < 1.29 is 37.8 Å². The first-order chi connectivity index (χ1) is 12.5. The van der Waals surface area contributed by atoms with E-state index in [-0.39, 0.29) is 15.6 Å². The summed E-state index contributed by atoms with van der Waals surface area (Å²) in [6, 6.07) is 2.49. The van der Waals surface area contributed by atoms with Crippen molar-refractivity contribution in [2.75, 3.05) is 0 Å². The van der Waals surface area contributed by atoms with Crippen molar-refractivity contribution in [1.82, 2.24) is 0 Å². The summed E-state index contributed by atoms with van der Waals surface area (Å²) in [5, 5.41) is 19.0. The molecular formula is C17H11BrF3NO5. The summed E-state index contributed by atoms with van der Waals surface area (Å²) in [5.41, 5.74) is 0.873. The Morgan fingerprint density at radius 2 is 1.67 bits per heavy atom. The predicted molar refractivity (Wildman–Crippen MR) is 91.7 cm³/mol. The molecule has 142 valence electrons. The molecule has 0 fully saturated rings. The number of rotatable bonds is 5. The fourth-order valence-corrected chi connectivity index (χ4v) is 3.23. The lowest BCUT2D eigenvalue weighted by molar-refractivity contribution is 0.0685. The zero-order valence-electron chi connectivity index (χ0n) is 13.5. The van der Waals surface area contributed by atoms with Gasteiger partial charge in [0, 0.05) is 15.6 Å². The molecule has 0 saturated heterocycles. The molecule has 2 aromatic rings. The van der Waals surface area contributed by atoms with Gasteiger partial charge in [-0.25, -0.2) is 22.8 Å². The number of hydrogen-bond donors (Lipinski definition) is 3. The van der Waals surface area contributed by atoms with Crippen molar-refractivity contribution in [3.63, 3.8) is 0 Å². The van der Waals surface area contributed by atoms with Crippen molar-refractivity contribution in [3.05, 3.63) is 56.3 Å². The molecule has 0 aliphatic heterocycles. The molecule has 1 amide bonds. The molecule has 0 aliphatic carbocycles. The van der Waals surface area contributed by atoms with E-state index < -0.39 is 57.9 Å². The second-order valence-electron chi connectivity index (χ2n) is 5.49. The van der Waals surface area contributed by atoms with Crippen molar-refractivity contribution in [1.29, 1.82) is 0 Å². The van der Waals surface area contributed by atoms with Crippen LogP contribution in [-0.4, -0.2) is 28.1 Å². The van der Waals surface area contributed by atoms with E-state index in [4.69, 9.17) is 5.73 Å². The minimum absolute atomic E-state index is 0.140. The van der Waals surface area contributed by atoms with Gasteiger partial charge in [-0.1, -0.05) is 15.9 Å². The molecule has 0 atom stereocenters. The van der Waals surface area contributed by atoms with E-state index in [2.05, 4.69) is 15.9 Å². The topological polar surface area (TPSA) is 118 Å². The van der Waals surface area contributed by atoms with Crippen molar-refractivity contribution in [3.8, 4) is 11.1 Å². The lowest BCUT2D eigenvalue weighted by atomic mass is 9.87. The molecule has 0 spiro atoms. The average Bonchev–Trinajstić information content (AvgIpc) is 2.53. The van der Waals surface area contributed by atoms with Crippen LogP contribution < -0.4 is 5.73 Å². The lowest BCUT2D eigenvalue weighted by Gasteiger charge is -2.18. The molecule has 2 aromatic carbocycles. The van der Waals surface area contributed by atoms with E-state index in [1.165, 1.54) is 0 Å². The Morgan fingerprint density at radius 3 is 2.11 bits per heavy atom. The summed E-state index contributed by atoms with van der Waals surface area (Å²) < 4.78 is 40.7. The largest absolute Gasteiger partial charge is 0.478 e. The normalized spacial score (nSPS) is 10.9. The number of amides is 1. The maximum atomic E-state index is 13.9. The van der Waals surface area contributed by atoms with Crippen LogP contribution in [0.2, 0.25) is 0 Å². The molecule has 0 saturated carbocycles. The van der Waals surface area contributed by atoms with E-state index in [0.717, 1.165) is 25.1 Å². The van der Waals surface area contributed by atoms with Crippen LogP contribution in [0.15, 0.2) is 22.7 Å². The maximum Gasteiger partial charge on any atom is 0.336 e. The Bertz CT molecular complexity index is 991. The quantitative estimate of drug-likeness (QED) is 0.642. The summed E-state index contributed by atoms with van der Waals surface area (Å²) in [4.78, 5) is 34.8. The Balaban J connectivity index is 3.10. The first kappa shape index (κ1) is 20.4. The molecule has 0 radical (unpaired) electrons.